The second kappa shape index (κ2) is 5.23. The molecule has 1 aromatic heterocycles. The van der Waals surface area contributed by atoms with E-state index in [0.717, 1.165) is 21.4 Å². The van der Waals surface area contributed by atoms with E-state index < -0.39 is 29.5 Å². The highest BCUT2D eigenvalue weighted by molar-refractivity contribution is 6.10. The normalized spacial score (nSPS) is 23.2. The lowest BCUT2D eigenvalue weighted by Crippen LogP contribution is -2.50. The molecule has 0 radical (unpaired) electrons. The highest BCUT2D eigenvalue weighted by Gasteiger charge is 2.59. The molecule has 2 aliphatic heterocycles. The molecule has 0 spiro atoms. The fourth-order valence-electron chi connectivity index (χ4n) is 4.02. The van der Waals surface area contributed by atoms with Gasteiger partial charge in [-0.1, -0.05) is 0 Å². The number of urea groups is 1. The summed E-state index contributed by atoms with van der Waals surface area (Å²) in [6, 6.07) is 3.65. The molecule has 1 aromatic carbocycles. The average Bonchev–Trinajstić information content (AvgIpc) is 3.08. The minimum atomic E-state index is -1.46. The zero-order chi connectivity index (χ0) is 18.8. The number of rotatable bonds is 3. The molecule has 4 rings (SSSR count). The van der Waals surface area contributed by atoms with E-state index in [2.05, 4.69) is 4.98 Å². The topological polar surface area (TPSA) is 106 Å². The van der Waals surface area contributed by atoms with Gasteiger partial charge in [-0.2, -0.15) is 0 Å². The molecule has 0 bridgehead atoms. The lowest BCUT2D eigenvalue weighted by atomic mass is 9.87. The minimum Gasteiger partial charge on any atom is -0.548 e. The van der Waals surface area contributed by atoms with Crippen LogP contribution in [-0.4, -0.2) is 52.4 Å². The number of methoxy groups -OCH3 is 1. The minimum absolute atomic E-state index is 0.328. The van der Waals surface area contributed by atoms with Crippen molar-refractivity contribution in [1.29, 1.82) is 0 Å². The summed E-state index contributed by atoms with van der Waals surface area (Å²) in [6.45, 7) is 3.26. The Morgan fingerprint density at radius 2 is 2.12 bits per heavy atom. The van der Waals surface area contributed by atoms with Crippen LogP contribution in [0, 0.1) is 0 Å². The number of nitrogens with one attached hydrogen (secondary N) is 1. The van der Waals surface area contributed by atoms with Crippen molar-refractivity contribution < 1.29 is 24.2 Å². The number of carbonyl (C=O) groups is 3. The summed E-state index contributed by atoms with van der Waals surface area (Å²) < 4.78 is 5.28. The van der Waals surface area contributed by atoms with E-state index in [1.807, 2.05) is 18.2 Å². The van der Waals surface area contributed by atoms with Crippen molar-refractivity contribution in [2.75, 3.05) is 13.7 Å². The first kappa shape index (κ1) is 16.4. The summed E-state index contributed by atoms with van der Waals surface area (Å²) in [5.74, 6) is -1.32. The Kier molecular flexibility index (Phi) is 3.31. The second-order valence-electron chi connectivity index (χ2n) is 6.82. The number of carboxylic acids is 1. The number of fused-ring (bicyclic) bond motifs is 5. The van der Waals surface area contributed by atoms with Crippen LogP contribution in [0.25, 0.3) is 10.9 Å². The van der Waals surface area contributed by atoms with Crippen molar-refractivity contribution in [1.82, 2.24) is 14.8 Å². The first-order chi connectivity index (χ1) is 12.3. The van der Waals surface area contributed by atoms with Crippen LogP contribution in [0.3, 0.4) is 0 Å². The highest BCUT2D eigenvalue weighted by Crippen LogP contribution is 2.44. The molecule has 1 N–H and O–H groups in total. The molecule has 136 valence electrons. The van der Waals surface area contributed by atoms with Crippen LogP contribution in [0.15, 0.2) is 18.2 Å². The number of aliphatic carboxylic acids is 1. The van der Waals surface area contributed by atoms with Crippen LogP contribution in [0.1, 0.15) is 25.1 Å². The van der Waals surface area contributed by atoms with Gasteiger partial charge in [0.05, 0.1) is 24.8 Å². The first-order valence-electron chi connectivity index (χ1n) is 8.36. The van der Waals surface area contributed by atoms with E-state index in [4.69, 9.17) is 4.74 Å². The zero-order valence-corrected chi connectivity index (χ0v) is 14.7. The fourth-order valence-corrected chi connectivity index (χ4v) is 4.02. The Bertz CT molecular complexity index is 965. The van der Waals surface area contributed by atoms with E-state index >= 15 is 0 Å². The maximum absolute atomic E-state index is 13.1. The molecule has 3 amide bonds. The van der Waals surface area contributed by atoms with Gasteiger partial charge >= 0.3 is 6.03 Å². The van der Waals surface area contributed by atoms with Crippen LogP contribution in [0.5, 0.6) is 5.75 Å². The Balaban J connectivity index is 1.89. The molecule has 2 atom stereocenters. The number of imide groups is 1. The summed E-state index contributed by atoms with van der Waals surface area (Å²) in [5.41, 5.74) is 1.14. The third kappa shape index (κ3) is 1.86. The van der Waals surface area contributed by atoms with Gasteiger partial charge in [-0.25, -0.2) is 4.79 Å². The number of hydrogen-bond donors (Lipinski definition) is 1. The number of ether oxygens (including phenoxy) is 1. The molecule has 8 nitrogen and oxygen atoms in total. The molecule has 0 saturated carbocycles. The van der Waals surface area contributed by atoms with E-state index in [9.17, 15) is 19.5 Å². The van der Waals surface area contributed by atoms with Gasteiger partial charge in [-0.15, -0.1) is 0 Å². The monoisotopic (exact) mass is 356 g/mol. The number of H-pyrrole nitrogens is 1. The molecule has 0 unspecified atom stereocenters. The van der Waals surface area contributed by atoms with Crippen LogP contribution in [-0.2, 0) is 21.5 Å². The van der Waals surface area contributed by atoms with Crippen LogP contribution < -0.4 is 9.84 Å². The Hall–Kier alpha value is -3.03. The van der Waals surface area contributed by atoms with Crippen LogP contribution in [0.4, 0.5) is 4.79 Å². The maximum atomic E-state index is 13.1. The van der Waals surface area contributed by atoms with Gasteiger partial charge < -0.3 is 24.5 Å². The fraction of sp³-hybridized carbons (Fsp3) is 0.389. The summed E-state index contributed by atoms with van der Waals surface area (Å²) in [5, 5.41) is 12.2. The lowest BCUT2D eigenvalue weighted by molar-refractivity contribution is -0.309. The molecule has 0 aliphatic carbocycles. The first-order valence-corrected chi connectivity index (χ1v) is 8.36. The van der Waals surface area contributed by atoms with Crippen molar-refractivity contribution in [3.05, 3.63) is 29.5 Å². The van der Waals surface area contributed by atoms with Gasteiger partial charge in [0.15, 0.2) is 5.54 Å². The molecule has 8 heteroatoms. The lowest BCUT2D eigenvalue weighted by Gasteiger charge is -2.36. The number of aromatic nitrogens is 1. The van der Waals surface area contributed by atoms with Crippen molar-refractivity contribution in [3.63, 3.8) is 0 Å². The third-order valence-corrected chi connectivity index (χ3v) is 5.53. The van der Waals surface area contributed by atoms with Gasteiger partial charge in [-0.3, -0.25) is 9.69 Å². The van der Waals surface area contributed by atoms with Crippen molar-refractivity contribution in [3.8, 4) is 5.75 Å². The number of amides is 3. The van der Waals surface area contributed by atoms with Crippen molar-refractivity contribution >= 4 is 28.8 Å². The molecule has 3 heterocycles. The molecule has 1 saturated heterocycles. The molecular weight excluding hydrogens is 338 g/mol. The molecule has 1 fully saturated rings. The Labute approximate surface area is 149 Å². The number of carboxylic acid groups (broad SMARTS) is 1. The summed E-state index contributed by atoms with van der Waals surface area (Å²) in [4.78, 5) is 42.6. The van der Waals surface area contributed by atoms with E-state index in [-0.39, 0.29) is 0 Å². The largest absolute Gasteiger partial charge is 0.548 e. The number of aromatic amines is 1. The maximum Gasteiger partial charge on any atom is 0.328 e. The number of benzene rings is 1. The number of carbonyl (C=O) groups excluding carboxylic acids is 3. The van der Waals surface area contributed by atoms with E-state index in [0.29, 0.717) is 24.4 Å². The Morgan fingerprint density at radius 3 is 2.77 bits per heavy atom. The highest BCUT2D eigenvalue weighted by atomic mass is 16.5. The smallest absolute Gasteiger partial charge is 0.328 e. The molecule has 2 aliphatic rings. The van der Waals surface area contributed by atoms with Gasteiger partial charge in [0.25, 0.3) is 5.91 Å². The molecule has 2 aromatic rings. The van der Waals surface area contributed by atoms with Crippen molar-refractivity contribution in [2.24, 2.45) is 0 Å². The van der Waals surface area contributed by atoms with Gasteiger partial charge in [0, 0.05) is 17.4 Å². The summed E-state index contributed by atoms with van der Waals surface area (Å²) in [6.07, 6.45) is 0.560. The van der Waals surface area contributed by atoms with Crippen molar-refractivity contribution in [2.45, 2.75) is 31.8 Å². The standard InChI is InChI=1S/C18H19N3O5/c1-9(15(22)23)21-16(24)18(2)14-11(6-7-20(18)17(21)25)12-8-10(26-3)4-5-13(12)19-14/h4-5,8-9,19H,6-7H2,1-3H3,(H,22,23)/p-1/t9-,18-/m1/s1. The van der Waals surface area contributed by atoms with E-state index in [1.54, 1.807) is 14.0 Å². The molecular formula is C18H18N3O5-. The van der Waals surface area contributed by atoms with Gasteiger partial charge in [-0.05, 0) is 44.0 Å². The Morgan fingerprint density at radius 1 is 1.38 bits per heavy atom. The molecule has 26 heavy (non-hydrogen) atoms. The predicted octanol–water partition coefficient (Wildman–Crippen LogP) is 0.350. The third-order valence-electron chi connectivity index (χ3n) is 5.53. The van der Waals surface area contributed by atoms with Crippen LogP contribution >= 0.6 is 0 Å². The predicted molar refractivity (Wildman–Crippen MR) is 89.3 cm³/mol. The number of nitrogens with zero attached hydrogens (tertiary/aromatic N) is 2. The summed E-state index contributed by atoms with van der Waals surface area (Å²) >= 11 is 0. The average molecular weight is 356 g/mol. The summed E-state index contributed by atoms with van der Waals surface area (Å²) in [7, 11) is 1.59. The SMILES string of the molecule is COc1ccc2[nH]c3c(c2c1)CCN1C(=O)N([C@H](C)C(=O)[O-])C(=O)[C@@]31C. The van der Waals surface area contributed by atoms with Gasteiger partial charge in [0.1, 0.15) is 5.75 Å². The second-order valence-corrected chi connectivity index (χ2v) is 6.82. The quantitative estimate of drug-likeness (QED) is 0.799. The zero-order valence-electron chi connectivity index (χ0n) is 14.7. The number of hydrogen-bond acceptors (Lipinski definition) is 5. The van der Waals surface area contributed by atoms with E-state index in [1.165, 1.54) is 11.8 Å². The van der Waals surface area contributed by atoms with Crippen LogP contribution in [0.2, 0.25) is 0 Å². The van der Waals surface area contributed by atoms with Gasteiger partial charge in [0.2, 0.25) is 0 Å².